The van der Waals surface area contributed by atoms with Crippen LogP contribution in [0.2, 0.25) is 0 Å². The van der Waals surface area contributed by atoms with E-state index < -0.39 is 6.09 Å². The summed E-state index contributed by atoms with van der Waals surface area (Å²) in [6.07, 6.45) is 1.79. The maximum atomic E-state index is 12.1. The summed E-state index contributed by atoms with van der Waals surface area (Å²) in [7, 11) is 1.80. The Morgan fingerprint density at radius 3 is 2.67 bits per heavy atom. The van der Waals surface area contributed by atoms with Crippen molar-refractivity contribution in [2.75, 3.05) is 26.7 Å². The summed E-state index contributed by atoms with van der Waals surface area (Å²) in [5.74, 6) is 0. The molecule has 0 aromatic heterocycles. The highest BCUT2D eigenvalue weighted by Crippen LogP contribution is 2.25. The second-order valence-corrected chi connectivity index (χ2v) is 5.18. The minimum Gasteiger partial charge on any atom is -0.465 e. The van der Waals surface area contributed by atoms with Crippen LogP contribution in [0.5, 0.6) is 0 Å². The Balaban J connectivity index is 2.11. The predicted molar refractivity (Wildman–Crippen MR) is 66.6 cm³/mol. The Morgan fingerprint density at radius 1 is 1.28 bits per heavy atom. The zero-order chi connectivity index (χ0) is 13.3. The number of rotatable bonds is 1. The van der Waals surface area contributed by atoms with Crippen molar-refractivity contribution in [1.82, 2.24) is 14.7 Å². The number of piperidine rings is 1. The fourth-order valence-corrected chi connectivity index (χ4v) is 3.01. The molecule has 2 rings (SSSR count). The number of carbonyl (C=O) groups is 2. The molecular weight excluding hydrogens is 234 g/mol. The third kappa shape index (κ3) is 2.23. The van der Waals surface area contributed by atoms with Gasteiger partial charge in [0.25, 0.3) is 0 Å². The van der Waals surface area contributed by atoms with Crippen molar-refractivity contribution in [2.45, 2.75) is 38.3 Å². The molecule has 2 aliphatic heterocycles. The standard InChI is InChI=1S/C12H21N3O3/c1-9-10(5-3-7-14(9)12(17)18)15-8-4-6-13(2)11(15)16/h9-10H,3-8H2,1-2H3,(H,17,18). The van der Waals surface area contributed by atoms with Crippen LogP contribution in [0.4, 0.5) is 9.59 Å². The van der Waals surface area contributed by atoms with Crippen LogP contribution in [-0.2, 0) is 0 Å². The lowest BCUT2D eigenvalue weighted by molar-refractivity contribution is 0.0438. The number of carboxylic acid groups (broad SMARTS) is 1. The van der Waals surface area contributed by atoms with Gasteiger partial charge >= 0.3 is 12.1 Å². The molecule has 2 unspecified atom stereocenters. The first-order valence-corrected chi connectivity index (χ1v) is 6.53. The third-order valence-corrected chi connectivity index (χ3v) is 4.06. The maximum absolute atomic E-state index is 12.1. The molecule has 2 heterocycles. The van der Waals surface area contributed by atoms with E-state index in [4.69, 9.17) is 5.11 Å². The Morgan fingerprint density at radius 2 is 2.00 bits per heavy atom. The summed E-state index contributed by atoms with van der Waals surface area (Å²) in [6, 6.07) is -0.0675. The molecule has 2 atom stereocenters. The molecule has 2 saturated heterocycles. The van der Waals surface area contributed by atoms with Gasteiger partial charge in [-0.25, -0.2) is 9.59 Å². The lowest BCUT2D eigenvalue weighted by atomic mass is 9.95. The van der Waals surface area contributed by atoms with E-state index in [0.717, 1.165) is 32.4 Å². The van der Waals surface area contributed by atoms with Gasteiger partial charge in [0.05, 0.1) is 12.1 Å². The molecule has 0 aliphatic carbocycles. The number of hydrogen-bond donors (Lipinski definition) is 1. The maximum Gasteiger partial charge on any atom is 0.407 e. The highest BCUT2D eigenvalue weighted by Gasteiger charge is 2.38. The molecule has 0 saturated carbocycles. The van der Waals surface area contributed by atoms with Gasteiger partial charge in [-0.3, -0.25) is 0 Å². The first kappa shape index (κ1) is 13.0. The van der Waals surface area contributed by atoms with Gasteiger partial charge in [0.2, 0.25) is 0 Å². The van der Waals surface area contributed by atoms with Crippen LogP contribution in [0.25, 0.3) is 0 Å². The van der Waals surface area contributed by atoms with Crippen LogP contribution >= 0.6 is 0 Å². The van der Waals surface area contributed by atoms with Crippen molar-refractivity contribution in [2.24, 2.45) is 0 Å². The molecule has 0 radical (unpaired) electrons. The van der Waals surface area contributed by atoms with E-state index in [1.54, 1.807) is 11.9 Å². The summed E-state index contributed by atoms with van der Waals surface area (Å²) >= 11 is 0. The number of hydrogen-bond acceptors (Lipinski definition) is 2. The molecule has 3 amide bonds. The number of amides is 3. The number of carbonyl (C=O) groups excluding carboxylic acids is 1. The highest BCUT2D eigenvalue weighted by molar-refractivity contribution is 5.75. The summed E-state index contributed by atoms with van der Waals surface area (Å²) in [4.78, 5) is 28.3. The average Bonchev–Trinajstić information content (AvgIpc) is 2.33. The Labute approximate surface area is 107 Å². The number of likely N-dealkylation sites (tertiary alicyclic amines) is 1. The third-order valence-electron chi connectivity index (χ3n) is 4.06. The molecule has 102 valence electrons. The minimum absolute atomic E-state index is 0.0186. The van der Waals surface area contributed by atoms with Crippen molar-refractivity contribution in [3.8, 4) is 0 Å². The van der Waals surface area contributed by atoms with E-state index in [1.165, 1.54) is 4.90 Å². The predicted octanol–water partition coefficient (Wildman–Crippen LogP) is 1.27. The summed E-state index contributed by atoms with van der Waals surface area (Å²) in [5, 5.41) is 9.15. The number of nitrogens with zero attached hydrogens (tertiary/aromatic N) is 3. The van der Waals surface area contributed by atoms with Crippen LogP contribution in [0.15, 0.2) is 0 Å². The second kappa shape index (κ2) is 5.04. The van der Waals surface area contributed by atoms with Crippen molar-refractivity contribution in [3.05, 3.63) is 0 Å². The molecule has 18 heavy (non-hydrogen) atoms. The van der Waals surface area contributed by atoms with Gasteiger partial charge in [-0.1, -0.05) is 0 Å². The van der Waals surface area contributed by atoms with Crippen LogP contribution in [0.3, 0.4) is 0 Å². The quantitative estimate of drug-likeness (QED) is 0.767. The van der Waals surface area contributed by atoms with Gasteiger partial charge in [0.1, 0.15) is 0 Å². The van der Waals surface area contributed by atoms with Gasteiger partial charge in [-0.15, -0.1) is 0 Å². The molecule has 2 fully saturated rings. The molecule has 0 bridgehead atoms. The number of urea groups is 1. The largest absolute Gasteiger partial charge is 0.465 e. The SMILES string of the molecule is CC1C(N2CCCN(C)C2=O)CCCN1C(=O)O. The minimum atomic E-state index is -0.884. The topological polar surface area (TPSA) is 64.1 Å². The first-order chi connectivity index (χ1) is 8.52. The van der Waals surface area contributed by atoms with E-state index in [2.05, 4.69) is 0 Å². The average molecular weight is 255 g/mol. The van der Waals surface area contributed by atoms with Gasteiger partial charge in [0, 0.05) is 26.7 Å². The Hall–Kier alpha value is -1.46. The van der Waals surface area contributed by atoms with Crippen LogP contribution in [-0.4, -0.2) is 70.7 Å². The summed E-state index contributed by atoms with van der Waals surface area (Å²) in [5.41, 5.74) is 0. The molecule has 2 aliphatic rings. The Kier molecular flexibility index (Phi) is 3.63. The summed E-state index contributed by atoms with van der Waals surface area (Å²) in [6.45, 7) is 4.01. The van der Waals surface area contributed by atoms with E-state index in [-0.39, 0.29) is 18.1 Å². The first-order valence-electron chi connectivity index (χ1n) is 6.53. The second-order valence-electron chi connectivity index (χ2n) is 5.18. The summed E-state index contributed by atoms with van der Waals surface area (Å²) < 4.78 is 0. The van der Waals surface area contributed by atoms with Crippen molar-refractivity contribution in [1.29, 1.82) is 0 Å². The van der Waals surface area contributed by atoms with E-state index in [1.807, 2.05) is 11.8 Å². The smallest absolute Gasteiger partial charge is 0.407 e. The lowest BCUT2D eigenvalue weighted by Gasteiger charge is -2.46. The van der Waals surface area contributed by atoms with Crippen molar-refractivity contribution >= 4 is 12.1 Å². The van der Waals surface area contributed by atoms with Crippen LogP contribution in [0, 0.1) is 0 Å². The Bertz CT molecular complexity index is 347. The molecule has 6 nitrogen and oxygen atoms in total. The van der Waals surface area contributed by atoms with Crippen molar-refractivity contribution < 1.29 is 14.7 Å². The molecule has 0 aromatic rings. The van der Waals surface area contributed by atoms with E-state index in [0.29, 0.717) is 6.54 Å². The van der Waals surface area contributed by atoms with Gasteiger partial charge < -0.3 is 19.8 Å². The monoisotopic (exact) mass is 255 g/mol. The van der Waals surface area contributed by atoms with Gasteiger partial charge in [-0.05, 0) is 26.2 Å². The zero-order valence-corrected chi connectivity index (χ0v) is 11.0. The highest BCUT2D eigenvalue weighted by atomic mass is 16.4. The van der Waals surface area contributed by atoms with Crippen molar-refractivity contribution in [3.63, 3.8) is 0 Å². The van der Waals surface area contributed by atoms with Crippen LogP contribution < -0.4 is 0 Å². The molecule has 0 spiro atoms. The molecule has 1 N–H and O–H groups in total. The normalized spacial score (nSPS) is 29.7. The fourth-order valence-electron chi connectivity index (χ4n) is 3.01. The zero-order valence-electron chi connectivity index (χ0n) is 11.0. The lowest BCUT2D eigenvalue weighted by Crippen LogP contribution is -2.60. The molecule has 0 aromatic carbocycles. The van der Waals surface area contributed by atoms with E-state index >= 15 is 0 Å². The van der Waals surface area contributed by atoms with E-state index in [9.17, 15) is 9.59 Å². The molecular formula is C12H21N3O3. The molecule has 6 heteroatoms. The van der Waals surface area contributed by atoms with Gasteiger partial charge in [-0.2, -0.15) is 0 Å². The van der Waals surface area contributed by atoms with Gasteiger partial charge in [0.15, 0.2) is 0 Å². The van der Waals surface area contributed by atoms with Crippen LogP contribution in [0.1, 0.15) is 26.2 Å². The fraction of sp³-hybridized carbons (Fsp3) is 0.833.